The van der Waals surface area contributed by atoms with E-state index in [4.69, 9.17) is 20.2 Å². The Morgan fingerprint density at radius 3 is 2.65 bits per heavy atom. The summed E-state index contributed by atoms with van der Waals surface area (Å²) >= 11 is 1.54. The average Bonchev–Trinajstić information content (AvgIpc) is 3.13. The largest absolute Gasteiger partial charge is 0.495 e. The minimum absolute atomic E-state index is 0.149. The molecule has 10 heteroatoms. The monoisotopic (exact) mass is 437 g/mol. The summed E-state index contributed by atoms with van der Waals surface area (Å²) in [6.45, 7) is 1.30. The molecule has 0 atom stereocenters. The maximum Gasteiger partial charge on any atom is 0.232 e. The molecule has 3 N–H and O–H groups in total. The fraction of sp³-hybridized carbons (Fsp3) is 0.238. The van der Waals surface area contributed by atoms with Gasteiger partial charge in [0, 0.05) is 13.7 Å². The molecule has 0 saturated heterocycles. The molecule has 2 aromatic heterocycles. The number of para-hydroxylation sites is 4. The normalized spacial score (nSPS) is 11.0. The third-order valence-electron chi connectivity index (χ3n) is 4.52. The summed E-state index contributed by atoms with van der Waals surface area (Å²) in [5.74, 6) is 2.24. The lowest BCUT2D eigenvalue weighted by molar-refractivity contribution is 0.186. The quantitative estimate of drug-likeness (QED) is 0.380. The number of nitrogens with one attached hydrogen (secondary N) is 1. The van der Waals surface area contributed by atoms with E-state index in [1.165, 1.54) is 0 Å². The Labute approximate surface area is 184 Å². The number of hydrogen-bond donors (Lipinski definition) is 2. The van der Waals surface area contributed by atoms with Gasteiger partial charge < -0.3 is 25.1 Å². The van der Waals surface area contributed by atoms with Gasteiger partial charge in [0.1, 0.15) is 11.6 Å². The van der Waals surface area contributed by atoms with Crippen LogP contribution in [0, 0.1) is 0 Å². The van der Waals surface area contributed by atoms with Crippen molar-refractivity contribution in [3.8, 4) is 5.75 Å². The van der Waals surface area contributed by atoms with Gasteiger partial charge in [0.2, 0.25) is 11.9 Å². The van der Waals surface area contributed by atoms with E-state index >= 15 is 0 Å². The topological polar surface area (TPSA) is 113 Å². The molecule has 0 aliphatic heterocycles. The first-order valence-electron chi connectivity index (χ1n) is 9.65. The van der Waals surface area contributed by atoms with E-state index in [9.17, 15) is 0 Å². The first kappa shape index (κ1) is 20.9. The summed E-state index contributed by atoms with van der Waals surface area (Å²) in [5.41, 5.74) is 8.68. The molecule has 0 aliphatic rings. The summed E-state index contributed by atoms with van der Waals surface area (Å²) in [4.78, 5) is 17.7. The minimum atomic E-state index is 0.149. The third-order valence-corrected chi connectivity index (χ3v) is 5.49. The van der Waals surface area contributed by atoms with Crippen LogP contribution in [0.1, 0.15) is 5.82 Å². The molecule has 0 unspecified atom stereocenters. The number of nitrogens with zero attached hydrogens (tertiary/aromatic N) is 5. The maximum atomic E-state index is 5.93. The lowest BCUT2D eigenvalue weighted by Crippen LogP contribution is -2.08. The maximum absolute atomic E-state index is 5.93. The number of benzene rings is 2. The van der Waals surface area contributed by atoms with Crippen molar-refractivity contribution in [2.45, 2.75) is 17.5 Å². The zero-order valence-corrected chi connectivity index (χ0v) is 18.1. The van der Waals surface area contributed by atoms with E-state index < -0.39 is 0 Å². The molecule has 0 saturated carbocycles. The van der Waals surface area contributed by atoms with Crippen LogP contribution in [0.4, 0.5) is 17.6 Å². The smallest absolute Gasteiger partial charge is 0.232 e. The SMILES string of the molecule is COCCn1c(SCc2nc(N)nc(Nc3ccccc3OC)n2)nc2ccccc21. The van der Waals surface area contributed by atoms with Gasteiger partial charge in [-0.05, 0) is 24.3 Å². The Kier molecular flexibility index (Phi) is 6.48. The number of ether oxygens (including phenoxy) is 2. The summed E-state index contributed by atoms with van der Waals surface area (Å²) < 4.78 is 12.8. The van der Waals surface area contributed by atoms with Gasteiger partial charge in [-0.2, -0.15) is 15.0 Å². The Hall–Kier alpha value is -3.37. The number of methoxy groups -OCH3 is 2. The molecule has 0 aliphatic carbocycles. The number of imidazole rings is 1. The molecule has 4 aromatic rings. The van der Waals surface area contributed by atoms with Gasteiger partial charge in [-0.15, -0.1) is 0 Å². The van der Waals surface area contributed by atoms with Crippen LogP contribution in [-0.4, -0.2) is 45.3 Å². The molecule has 9 nitrogen and oxygen atoms in total. The summed E-state index contributed by atoms with van der Waals surface area (Å²) in [5, 5.41) is 4.02. The number of nitrogen functional groups attached to an aromatic ring is 1. The highest BCUT2D eigenvalue weighted by Gasteiger charge is 2.13. The van der Waals surface area contributed by atoms with Crippen LogP contribution in [-0.2, 0) is 17.0 Å². The van der Waals surface area contributed by atoms with Crippen LogP contribution in [0.2, 0.25) is 0 Å². The number of thioether (sulfide) groups is 1. The van der Waals surface area contributed by atoms with E-state index in [0.29, 0.717) is 36.4 Å². The first-order chi connectivity index (χ1) is 15.2. The van der Waals surface area contributed by atoms with Crippen LogP contribution < -0.4 is 15.8 Å². The van der Waals surface area contributed by atoms with Crippen LogP contribution in [0.15, 0.2) is 53.7 Å². The Morgan fingerprint density at radius 1 is 1.00 bits per heavy atom. The summed E-state index contributed by atoms with van der Waals surface area (Å²) in [6.07, 6.45) is 0. The zero-order valence-electron chi connectivity index (χ0n) is 17.3. The number of hydrogen-bond acceptors (Lipinski definition) is 9. The molecule has 0 spiro atoms. The fourth-order valence-corrected chi connectivity index (χ4v) is 4.01. The highest BCUT2D eigenvalue weighted by Crippen LogP contribution is 2.28. The third kappa shape index (κ3) is 4.86. The summed E-state index contributed by atoms with van der Waals surface area (Å²) in [7, 11) is 3.30. The Balaban J connectivity index is 1.55. The lowest BCUT2D eigenvalue weighted by atomic mass is 10.3. The van der Waals surface area contributed by atoms with E-state index in [-0.39, 0.29) is 5.95 Å². The van der Waals surface area contributed by atoms with Gasteiger partial charge in [0.15, 0.2) is 5.16 Å². The molecule has 2 aromatic carbocycles. The van der Waals surface area contributed by atoms with Crippen LogP contribution in [0.5, 0.6) is 5.75 Å². The minimum Gasteiger partial charge on any atom is -0.495 e. The van der Waals surface area contributed by atoms with Crippen molar-refractivity contribution in [2.75, 3.05) is 31.9 Å². The van der Waals surface area contributed by atoms with E-state index in [1.54, 1.807) is 26.0 Å². The summed E-state index contributed by atoms with van der Waals surface area (Å²) in [6, 6.07) is 15.6. The molecule has 0 amide bonds. The molecule has 4 rings (SSSR count). The van der Waals surface area contributed by atoms with Crippen molar-refractivity contribution in [3.63, 3.8) is 0 Å². The van der Waals surface area contributed by atoms with Crippen molar-refractivity contribution < 1.29 is 9.47 Å². The van der Waals surface area contributed by atoms with Crippen molar-refractivity contribution in [1.82, 2.24) is 24.5 Å². The number of aromatic nitrogens is 5. The van der Waals surface area contributed by atoms with Crippen LogP contribution >= 0.6 is 11.8 Å². The van der Waals surface area contributed by atoms with E-state index in [2.05, 4.69) is 30.9 Å². The van der Waals surface area contributed by atoms with Crippen molar-refractivity contribution in [1.29, 1.82) is 0 Å². The molecule has 0 radical (unpaired) electrons. The highest BCUT2D eigenvalue weighted by atomic mass is 32.2. The second-order valence-corrected chi connectivity index (χ2v) is 7.52. The lowest BCUT2D eigenvalue weighted by Gasteiger charge is -2.11. The highest BCUT2D eigenvalue weighted by molar-refractivity contribution is 7.98. The first-order valence-corrected chi connectivity index (χ1v) is 10.6. The van der Waals surface area contributed by atoms with Crippen LogP contribution in [0.3, 0.4) is 0 Å². The predicted molar refractivity (Wildman–Crippen MR) is 122 cm³/mol. The molecular formula is C21H23N7O2S. The molecular weight excluding hydrogens is 414 g/mol. The Morgan fingerprint density at radius 2 is 1.81 bits per heavy atom. The standard InChI is InChI=1S/C21H23N7O2S/c1-29-12-11-28-16-9-5-3-7-14(16)24-21(28)31-13-18-25-19(22)27-20(26-18)23-15-8-4-6-10-17(15)30-2/h3-10H,11-13H2,1-2H3,(H3,22,23,25,26,27). The second kappa shape index (κ2) is 9.63. The molecule has 0 fully saturated rings. The fourth-order valence-electron chi connectivity index (χ4n) is 3.12. The van der Waals surface area contributed by atoms with Crippen LogP contribution in [0.25, 0.3) is 11.0 Å². The van der Waals surface area contributed by atoms with Gasteiger partial charge in [-0.3, -0.25) is 0 Å². The van der Waals surface area contributed by atoms with Gasteiger partial charge >= 0.3 is 0 Å². The van der Waals surface area contributed by atoms with Gasteiger partial charge in [0.25, 0.3) is 0 Å². The molecule has 31 heavy (non-hydrogen) atoms. The van der Waals surface area contributed by atoms with E-state index in [0.717, 1.165) is 21.9 Å². The predicted octanol–water partition coefficient (Wildman–Crippen LogP) is 3.49. The van der Waals surface area contributed by atoms with Crippen molar-refractivity contribution in [2.24, 2.45) is 0 Å². The molecule has 2 heterocycles. The second-order valence-electron chi connectivity index (χ2n) is 6.57. The number of anilines is 3. The van der Waals surface area contributed by atoms with Gasteiger partial charge in [0.05, 0.1) is 36.2 Å². The van der Waals surface area contributed by atoms with Gasteiger partial charge in [-0.1, -0.05) is 36.0 Å². The number of rotatable bonds is 9. The zero-order chi connectivity index (χ0) is 21.6. The molecule has 160 valence electrons. The van der Waals surface area contributed by atoms with Gasteiger partial charge in [-0.25, -0.2) is 4.98 Å². The Bertz CT molecular complexity index is 1180. The van der Waals surface area contributed by atoms with Crippen molar-refractivity contribution >= 4 is 40.4 Å². The molecule has 0 bridgehead atoms. The van der Waals surface area contributed by atoms with Crippen molar-refractivity contribution in [3.05, 3.63) is 54.4 Å². The number of fused-ring (bicyclic) bond motifs is 1. The average molecular weight is 438 g/mol. The van der Waals surface area contributed by atoms with E-state index in [1.807, 2.05) is 42.5 Å². The number of nitrogens with two attached hydrogens (primary N) is 1.